The maximum absolute atomic E-state index is 12.6. The molecule has 1 unspecified atom stereocenters. The number of nitrogens with two attached hydrogens (primary N) is 1. The predicted molar refractivity (Wildman–Crippen MR) is 126 cm³/mol. The number of rotatable bonds is 4. The molecule has 2 aromatic carbocycles. The highest BCUT2D eigenvalue weighted by Crippen LogP contribution is 2.46. The van der Waals surface area contributed by atoms with E-state index < -0.39 is 11.4 Å². The molecule has 32 heavy (non-hydrogen) atoms. The van der Waals surface area contributed by atoms with Crippen LogP contribution in [0.5, 0.6) is 11.5 Å². The van der Waals surface area contributed by atoms with E-state index in [1.165, 1.54) is 12.1 Å². The van der Waals surface area contributed by atoms with Crippen molar-refractivity contribution in [1.82, 2.24) is 5.32 Å². The Balaban J connectivity index is 1.67. The van der Waals surface area contributed by atoms with Gasteiger partial charge in [0, 0.05) is 5.69 Å². The zero-order valence-corrected chi connectivity index (χ0v) is 19.1. The van der Waals surface area contributed by atoms with Crippen LogP contribution < -0.4 is 26.1 Å². The Hall–Kier alpha value is -3.23. The molecule has 4 N–H and O–H groups in total. The molecule has 166 valence electrons. The number of amidine groups is 1. The fourth-order valence-corrected chi connectivity index (χ4v) is 4.14. The summed E-state index contributed by atoms with van der Waals surface area (Å²) in [4.78, 5) is 24.8. The SMILES string of the molecule is C=C1NC(=O)N(c2cc(Cl)c(Oc3ccc4c(c3)C(C)(C(C)C)C(=O)N4)c(Cl)c2)N=C1N. The summed E-state index contributed by atoms with van der Waals surface area (Å²) >= 11 is 12.9. The second-order valence-electron chi connectivity index (χ2n) is 8.06. The number of urea groups is 1. The minimum atomic E-state index is -0.685. The summed E-state index contributed by atoms with van der Waals surface area (Å²) in [6, 6.07) is 7.75. The molecule has 4 rings (SSSR count). The Morgan fingerprint density at radius 1 is 1.16 bits per heavy atom. The number of nitrogens with zero attached hydrogens (tertiary/aromatic N) is 2. The Morgan fingerprint density at radius 2 is 1.81 bits per heavy atom. The lowest BCUT2D eigenvalue weighted by atomic mass is 9.74. The third-order valence-corrected chi connectivity index (χ3v) is 6.40. The standard InChI is InChI=1S/C22H21Cl2N5O3/c1-10(2)22(4)14-9-13(5-6-17(14)27-20(22)30)32-18-15(23)7-12(8-16(18)24)29-21(31)26-11(3)19(25)28-29/h5-10H,3H2,1-2,4H3,(H2,25,28)(H,26,31)(H,27,30). The van der Waals surface area contributed by atoms with E-state index in [0.29, 0.717) is 11.4 Å². The molecule has 3 amide bonds. The molecule has 0 saturated carbocycles. The van der Waals surface area contributed by atoms with E-state index in [0.717, 1.165) is 16.3 Å². The zero-order valence-electron chi connectivity index (χ0n) is 17.6. The number of amides is 3. The van der Waals surface area contributed by atoms with Crippen LogP contribution in [0.4, 0.5) is 16.2 Å². The molecule has 0 spiro atoms. The number of hydrogen-bond acceptors (Lipinski definition) is 5. The quantitative estimate of drug-likeness (QED) is 0.582. The van der Waals surface area contributed by atoms with Gasteiger partial charge in [0.05, 0.1) is 26.8 Å². The van der Waals surface area contributed by atoms with E-state index in [2.05, 4.69) is 22.3 Å². The molecule has 2 aromatic rings. The Bertz CT molecular complexity index is 1190. The first-order valence-electron chi connectivity index (χ1n) is 9.79. The molecule has 0 bridgehead atoms. The van der Waals surface area contributed by atoms with Gasteiger partial charge in [0.1, 0.15) is 5.75 Å². The number of fused-ring (bicyclic) bond motifs is 1. The van der Waals surface area contributed by atoms with Crippen LogP contribution in [0.3, 0.4) is 0 Å². The van der Waals surface area contributed by atoms with Crippen molar-refractivity contribution in [2.45, 2.75) is 26.2 Å². The zero-order chi connectivity index (χ0) is 23.4. The summed E-state index contributed by atoms with van der Waals surface area (Å²) in [5.74, 6) is 0.761. The number of carbonyl (C=O) groups excluding carboxylic acids is 2. The molecule has 2 heterocycles. The lowest BCUT2D eigenvalue weighted by molar-refractivity contribution is -0.121. The molecule has 0 radical (unpaired) electrons. The van der Waals surface area contributed by atoms with Gasteiger partial charge in [-0.25, -0.2) is 4.79 Å². The Kier molecular flexibility index (Phi) is 5.30. The molecular formula is C22H21Cl2N5O3. The number of anilines is 2. The fourth-order valence-electron chi connectivity index (χ4n) is 3.59. The van der Waals surface area contributed by atoms with Crippen LogP contribution in [-0.2, 0) is 10.2 Å². The summed E-state index contributed by atoms with van der Waals surface area (Å²) in [6.45, 7) is 9.50. The lowest BCUT2D eigenvalue weighted by Crippen LogP contribution is -2.45. The first-order valence-corrected chi connectivity index (χ1v) is 10.5. The van der Waals surface area contributed by atoms with Gasteiger partial charge in [-0.3, -0.25) is 4.79 Å². The largest absolute Gasteiger partial charge is 0.454 e. The molecule has 0 saturated heterocycles. The van der Waals surface area contributed by atoms with Crippen LogP contribution in [0.25, 0.3) is 0 Å². The molecule has 8 nitrogen and oxygen atoms in total. The molecule has 0 aromatic heterocycles. The number of benzene rings is 2. The van der Waals surface area contributed by atoms with Crippen LogP contribution in [0.2, 0.25) is 10.0 Å². The second-order valence-corrected chi connectivity index (χ2v) is 8.88. The van der Waals surface area contributed by atoms with Crippen molar-refractivity contribution < 1.29 is 14.3 Å². The molecule has 10 heteroatoms. The van der Waals surface area contributed by atoms with Crippen LogP contribution in [-0.4, -0.2) is 17.8 Å². The van der Waals surface area contributed by atoms with Crippen molar-refractivity contribution in [1.29, 1.82) is 0 Å². The number of carbonyl (C=O) groups is 2. The second kappa shape index (κ2) is 7.72. The van der Waals surface area contributed by atoms with Gasteiger partial charge in [-0.05, 0) is 48.7 Å². The number of ether oxygens (including phenoxy) is 1. The number of hydrazone groups is 1. The minimum absolute atomic E-state index is 0.0533. The van der Waals surface area contributed by atoms with Crippen molar-refractivity contribution in [3.05, 3.63) is 58.2 Å². The minimum Gasteiger partial charge on any atom is -0.454 e. The number of halogens is 2. The average Bonchev–Trinajstić information content (AvgIpc) is 2.98. The summed E-state index contributed by atoms with van der Waals surface area (Å²) < 4.78 is 5.98. The van der Waals surface area contributed by atoms with Crippen LogP contribution in [0, 0.1) is 5.92 Å². The normalized spacial score (nSPS) is 20.1. The van der Waals surface area contributed by atoms with Crippen molar-refractivity contribution in [2.75, 3.05) is 10.3 Å². The highest BCUT2D eigenvalue weighted by Gasteiger charge is 2.45. The van der Waals surface area contributed by atoms with Crippen LogP contribution >= 0.6 is 23.2 Å². The van der Waals surface area contributed by atoms with E-state index in [4.69, 9.17) is 33.7 Å². The Labute approximate surface area is 195 Å². The van der Waals surface area contributed by atoms with Gasteiger partial charge in [0.2, 0.25) is 5.91 Å². The van der Waals surface area contributed by atoms with E-state index in [1.807, 2.05) is 26.8 Å². The number of hydrogen-bond donors (Lipinski definition) is 3. The van der Waals surface area contributed by atoms with E-state index in [1.54, 1.807) is 12.1 Å². The molecule has 2 aliphatic rings. The third-order valence-electron chi connectivity index (χ3n) is 5.84. The monoisotopic (exact) mass is 473 g/mol. The topological polar surface area (TPSA) is 109 Å². The van der Waals surface area contributed by atoms with Gasteiger partial charge in [-0.2, -0.15) is 5.01 Å². The van der Waals surface area contributed by atoms with Gasteiger partial charge in [-0.1, -0.05) is 43.6 Å². The molecular weight excluding hydrogens is 453 g/mol. The van der Waals surface area contributed by atoms with E-state index in [9.17, 15) is 9.59 Å². The summed E-state index contributed by atoms with van der Waals surface area (Å²) in [5.41, 5.74) is 7.17. The maximum atomic E-state index is 12.6. The van der Waals surface area contributed by atoms with Crippen molar-refractivity contribution >= 4 is 52.4 Å². The molecule has 2 aliphatic heterocycles. The first-order chi connectivity index (χ1) is 15.0. The Morgan fingerprint density at radius 3 is 2.44 bits per heavy atom. The number of nitrogens with one attached hydrogen (secondary N) is 2. The third kappa shape index (κ3) is 3.45. The molecule has 0 aliphatic carbocycles. The highest BCUT2D eigenvalue weighted by molar-refractivity contribution is 6.37. The van der Waals surface area contributed by atoms with Gasteiger partial charge >= 0.3 is 6.03 Å². The average molecular weight is 474 g/mol. The first kappa shape index (κ1) is 22.0. The van der Waals surface area contributed by atoms with Crippen LogP contribution in [0.15, 0.2) is 47.7 Å². The van der Waals surface area contributed by atoms with Gasteiger partial charge in [0.15, 0.2) is 11.6 Å². The van der Waals surface area contributed by atoms with E-state index in [-0.39, 0.29) is 39.2 Å². The molecule has 0 fully saturated rings. The van der Waals surface area contributed by atoms with Gasteiger partial charge < -0.3 is 21.1 Å². The predicted octanol–water partition coefficient (Wildman–Crippen LogP) is 4.97. The highest BCUT2D eigenvalue weighted by atomic mass is 35.5. The van der Waals surface area contributed by atoms with Crippen molar-refractivity contribution in [2.24, 2.45) is 16.8 Å². The lowest BCUT2D eigenvalue weighted by Gasteiger charge is -2.27. The van der Waals surface area contributed by atoms with Gasteiger partial charge in [0.25, 0.3) is 0 Å². The fraction of sp³-hybridized carbons (Fsp3) is 0.227. The summed E-state index contributed by atoms with van der Waals surface area (Å²) in [5, 5.41) is 10.8. The van der Waals surface area contributed by atoms with Crippen molar-refractivity contribution in [3.8, 4) is 11.5 Å². The van der Waals surface area contributed by atoms with Crippen molar-refractivity contribution in [3.63, 3.8) is 0 Å². The summed E-state index contributed by atoms with van der Waals surface area (Å²) in [6.07, 6.45) is 0. The van der Waals surface area contributed by atoms with Crippen LogP contribution in [0.1, 0.15) is 26.3 Å². The summed E-state index contributed by atoms with van der Waals surface area (Å²) in [7, 11) is 0. The van der Waals surface area contributed by atoms with E-state index >= 15 is 0 Å². The molecule has 1 atom stereocenters. The van der Waals surface area contributed by atoms with Gasteiger partial charge in [-0.15, -0.1) is 5.10 Å². The maximum Gasteiger partial charge on any atom is 0.347 e. The smallest absolute Gasteiger partial charge is 0.347 e.